The van der Waals surface area contributed by atoms with Crippen LogP contribution in [0.5, 0.6) is 11.5 Å². The molecule has 0 N–H and O–H groups in total. The third-order valence-electron chi connectivity index (χ3n) is 5.64. The number of rotatable bonds is 12. The van der Waals surface area contributed by atoms with Crippen LogP contribution in [0.15, 0.2) is 46.9 Å². The molecule has 0 spiro atoms. The summed E-state index contributed by atoms with van der Waals surface area (Å²) in [5.41, 5.74) is 2.79. The van der Waals surface area contributed by atoms with Crippen molar-refractivity contribution in [3.05, 3.63) is 48.0 Å². The highest BCUT2D eigenvalue weighted by atomic mass is 16.5. The Hall–Kier alpha value is -2.99. The van der Waals surface area contributed by atoms with Crippen LogP contribution < -0.4 is 9.47 Å². The summed E-state index contributed by atoms with van der Waals surface area (Å²) in [7, 11) is 3.05. The van der Waals surface area contributed by atoms with Crippen LogP contribution in [0, 0.1) is 0 Å². The quantitative estimate of drug-likeness (QED) is 0.281. The first-order valence-corrected chi connectivity index (χ1v) is 11.2. The van der Waals surface area contributed by atoms with Crippen molar-refractivity contribution >= 4 is 16.9 Å². The average molecular weight is 440 g/mol. The van der Waals surface area contributed by atoms with E-state index in [1.54, 1.807) is 7.11 Å². The highest BCUT2D eigenvalue weighted by Crippen LogP contribution is 2.35. The number of fused-ring (bicyclic) bond motifs is 1. The topological polar surface area (TPSA) is 61.1 Å². The van der Waals surface area contributed by atoms with E-state index in [9.17, 15) is 4.79 Å². The van der Waals surface area contributed by atoms with Crippen molar-refractivity contribution in [3.8, 4) is 22.8 Å². The van der Waals surface area contributed by atoms with Crippen molar-refractivity contribution in [2.75, 3.05) is 40.5 Å². The van der Waals surface area contributed by atoms with E-state index < -0.39 is 0 Å². The van der Waals surface area contributed by atoms with Gasteiger partial charge in [-0.1, -0.05) is 19.9 Å². The van der Waals surface area contributed by atoms with Gasteiger partial charge in [0, 0.05) is 23.9 Å². The number of aryl methyl sites for hydroxylation is 1. The monoisotopic (exact) mass is 439 g/mol. The fraction of sp³-hybridized carbons (Fsp3) is 0.423. The van der Waals surface area contributed by atoms with Gasteiger partial charge in [0.05, 0.1) is 20.8 Å². The van der Waals surface area contributed by atoms with E-state index in [2.05, 4.69) is 24.8 Å². The first-order valence-electron chi connectivity index (χ1n) is 11.2. The van der Waals surface area contributed by atoms with Crippen molar-refractivity contribution < 1.29 is 23.4 Å². The number of methoxy groups -OCH3 is 2. The van der Waals surface area contributed by atoms with Crippen molar-refractivity contribution in [2.45, 2.75) is 33.1 Å². The van der Waals surface area contributed by atoms with Gasteiger partial charge in [-0.2, -0.15) is 0 Å². The summed E-state index contributed by atoms with van der Waals surface area (Å²) < 4.78 is 22.3. The van der Waals surface area contributed by atoms with Crippen molar-refractivity contribution in [2.24, 2.45) is 0 Å². The van der Waals surface area contributed by atoms with Gasteiger partial charge >= 0.3 is 5.97 Å². The molecular formula is C26H33NO5. The molecule has 2 aromatic carbocycles. The van der Waals surface area contributed by atoms with E-state index >= 15 is 0 Å². The standard InChI is InChI=1S/C26H33NO5/c1-5-27(6-2)14-7-15-31-23-12-10-20(17-25(23)29-3)24-18-21-16-19(8-11-22(21)32-24)9-13-26(28)30-4/h8,10-12,16-18H,5-7,9,13-15H2,1-4H3. The number of benzene rings is 2. The van der Waals surface area contributed by atoms with Crippen molar-refractivity contribution in [3.63, 3.8) is 0 Å². The van der Waals surface area contributed by atoms with Gasteiger partial charge in [-0.05, 0) is 67.9 Å². The van der Waals surface area contributed by atoms with Gasteiger partial charge in [-0.15, -0.1) is 0 Å². The predicted molar refractivity (Wildman–Crippen MR) is 126 cm³/mol. The van der Waals surface area contributed by atoms with Gasteiger partial charge < -0.3 is 23.5 Å². The lowest BCUT2D eigenvalue weighted by Crippen LogP contribution is -2.25. The summed E-state index contributed by atoms with van der Waals surface area (Å²) >= 11 is 0. The fourth-order valence-electron chi connectivity index (χ4n) is 3.69. The first-order chi connectivity index (χ1) is 15.6. The van der Waals surface area contributed by atoms with Gasteiger partial charge in [0.25, 0.3) is 0 Å². The normalized spacial score (nSPS) is 11.2. The van der Waals surface area contributed by atoms with Crippen LogP contribution in [-0.4, -0.2) is 51.3 Å². The van der Waals surface area contributed by atoms with E-state index in [0.717, 1.165) is 59.7 Å². The summed E-state index contributed by atoms with van der Waals surface area (Å²) in [5.74, 6) is 1.97. The maximum atomic E-state index is 11.4. The van der Waals surface area contributed by atoms with E-state index in [1.807, 2.05) is 36.4 Å². The predicted octanol–water partition coefficient (Wildman–Crippen LogP) is 5.32. The summed E-state index contributed by atoms with van der Waals surface area (Å²) in [5, 5.41) is 0.998. The maximum absolute atomic E-state index is 11.4. The van der Waals surface area contributed by atoms with Crippen LogP contribution in [0.25, 0.3) is 22.3 Å². The fourth-order valence-corrected chi connectivity index (χ4v) is 3.69. The molecule has 0 aliphatic heterocycles. The van der Waals surface area contributed by atoms with Gasteiger partial charge in [0.2, 0.25) is 0 Å². The van der Waals surface area contributed by atoms with Crippen LogP contribution in [-0.2, 0) is 16.0 Å². The van der Waals surface area contributed by atoms with Crippen LogP contribution in [0.2, 0.25) is 0 Å². The summed E-state index contributed by atoms with van der Waals surface area (Å²) in [4.78, 5) is 13.8. The Bertz CT molecular complexity index is 1020. The molecule has 0 aliphatic carbocycles. The lowest BCUT2D eigenvalue weighted by atomic mass is 10.1. The van der Waals surface area contributed by atoms with E-state index in [-0.39, 0.29) is 5.97 Å². The molecule has 3 rings (SSSR count). The molecule has 6 nitrogen and oxygen atoms in total. The molecule has 172 valence electrons. The van der Waals surface area contributed by atoms with Crippen molar-refractivity contribution in [1.29, 1.82) is 0 Å². The molecule has 0 saturated carbocycles. The molecule has 0 unspecified atom stereocenters. The minimum Gasteiger partial charge on any atom is -0.493 e. The molecule has 0 radical (unpaired) electrons. The molecule has 32 heavy (non-hydrogen) atoms. The summed E-state index contributed by atoms with van der Waals surface area (Å²) in [6.45, 7) is 8.12. The number of hydrogen-bond donors (Lipinski definition) is 0. The zero-order chi connectivity index (χ0) is 22.9. The van der Waals surface area contributed by atoms with E-state index in [0.29, 0.717) is 25.2 Å². The van der Waals surface area contributed by atoms with Crippen LogP contribution in [0.1, 0.15) is 32.3 Å². The number of esters is 1. The van der Waals surface area contributed by atoms with Gasteiger partial charge in [-0.25, -0.2) is 0 Å². The molecular weight excluding hydrogens is 406 g/mol. The molecule has 0 amide bonds. The molecule has 6 heteroatoms. The second-order valence-electron chi connectivity index (χ2n) is 7.65. The molecule has 0 atom stereocenters. The van der Waals surface area contributed by atoms with Crippen LogP contribution >= 0.6 is 0 Å². The van der Waals surface area contributed by atoms with Gasteiger partial charge in [0.1, 0.15) is 11.3 Å². The first kappa shape index (κ1) is 23.7. The molecule has 0 aliphatic rings. The minimum absolute atomic E-state index is 0.208. The van der Waals surface area contributed by atoms with Crippen LogP contribution in [0.3, 0.4) is 0 Å². The summed E-state index contributed by atoms with van der Waals surface area (Å²) in [6.07, 6.45) is 1.96. The molecule has 0 bridgehead atoms. The molecule has 3 aromatic rings. The lowest BCUT2D eigenvalue weighted by molar-refractivity contribution is -0.140. The minimum atomic E-state index is -0.208. The number of nitrogens with zero attached hydrogens (tertiary/aromatic N) is 1. The average Bonchev–Trinajstić information content (AvgIpc) is 3.26. The highest BCUT2D eigenvalue weighted by Gasteiger charge is 2.12. The zero-order valence-electron chi connectivity index (χ0n) is 19.5. The number of furan rings is 1. The second kappa shape index (κ2) is 11.6. The highest BCUT2D eigenvalue weighted by molar-refractivity contribution is 5.84. The Morgan fingerprint density at radius 3 is 2.53 bits per heavy atom. The Morgan fingerprint density at radius 1 is 1.00 bits per heavy atom. The zero-order valence-corrected chi connectivity index (χ0v) is 19.5. The third-order valence-corrected chi connectivity index (χ3v) is 5.64. The number of carbonyl (C=O) groups excluding carboxylic acids is 1. The molecule has 0 fully saturated rings. The third kappa shape index (κ3) is 6.04. The smallest absolute Gasteiger partial charge is 0.305 e. The van der Waals surface area contributed by atoms with Gasteiger partial charge in [-0.3, -0.25) is 4.79 Å². The lowest BCUT2D eigenvalue weighted by Gasteiger charge is -2.18. The number of carbonyl (C=O) groups is 1. The number of hydrogen-bond acceptors (Lipinski definition) is 6. The van der Waals surface area contributed by atoms with Crippen LogP contribution in [0.4, 0.5) is 0 Å². The maximum Gasteiger partial charge on any atom is 0.305 e. The molecule has 1 aromatic heterocycles. The Morgan fingerprint density at radius 2 is 1.81 bits per heavy atom. The van der Waals surface area contributed by atoms with Crippen molar-refractivity contribution in [1.82, 2.24) is 4.90 Å². The van der Waals surface area contributed by atoms with Gasteiger partial charge in [0.15, 0.2) is 11.5 Å². The Kier molecular flexibility index (Phi) is 8.56. The SMILES string of the molecule is CCN(CC)CCCOc1ccc(-c2cc3cc(CCC(=O)OC)ccc3o2)cc1OC. The molecule has 1 heterocycles. The summed E-state index contributed by atoms with van der Waals surface area (Å²) in [6, 6.07) is 13.8. The van der Waals surface area contributed by atoms with E-state index in [4.69, 9.17) is 18.6 Å². The Balaban J connectivity index is 1.69. The Labute approximate surface area is 190 Å². The van der Waals surface area contributed by atoms with E-state index in [1.165, 1.54) is 7.11 Å². The largest absolute Gasteiger partial charge is 0.493 e. The second-order valence-corrected chi connectivity index (χ2v) is 7.65. The number of ether oxygens (including phenoxy) is 3. The molecule has 0 saturated heterocycles.